The monoisotopic (exact) mass is 452 g/mol. The fraction of sp³-hybridized carbons (Fsp3) is 0.778. The molecule has 4 rings (SSSR count). The molecule has 2 N–H and O–H groups in total. The van der Waals surface area contributed by atoms with Crippen molar-refractivity contribution in [3.05, 3.63) is 35.5 Å². The van der Waals surface area contributed by atoms with Crippen molar-refractivity contribution >= 4 is 0 Å². The van der Waals surface area contributed by atoms with E-state index < -0.39 is 17.9 Å². The molecular weight excluding hydrogens is 413 g/mol. The summed E-state index contributed by atoms with van der Waals surface area (Å²) in [5, 5.41) is 20.3. The lowest BCUT2D eigenvalue weighted by Gasteiger charge is -2.59. The first-order chi connectivity index (χ1) is 14.8. The molecule has 8 unspecified atom stereocenters. The van der Waals surface area contributed by atoms with Crippen LogP contribution in [0.4, 0.5) is 13.2 Å². The van der Waals surface area contributed by atoms with Crippen LogP contribution < -0.4 is 0 Å². The first kappa shape index (κ1) is 24.1. The fourth-order valence-corrected chi connectivity index (χ4v) is 7.81. The third kappa shape index (κ3) is 3.81. The molecule has 0 bridgehead atoms. The second kappa shape index (κ2) is 8.01. The number of fused-ring (bicyclic) bond motifs is 5. The van der Waals surface area contributed by atoms with Crippen LogP contribution in [0.15, 0.2) is 35.5 Å². The van der Waals surface area contributed by atoms with Crippen molar-refractivity contribution in [1.82, 2.24) is 0 Å². The topological polar surface area (TPSA) is 40.5 Å². The lowest BCUT2D eigenvalue weighted by atomic mass is 9.46. The van der Waals surface area contributed by atoms with Crippen molar-refractivity contribution < 1.29 is 23.4 Å². The quantitative estimate of drug-likeness (QED) is 0.464. The van der Waals surface area contributed by atoms with Crippen LogP contribution in [-0.4, -0.2) is 28.1 Å². The van der Waals surface area contributed by atoms with Crippen molar-refractivity contribution in [1.29, 1.82) is 0 Å². The largest absolute Gasteiger partial charge is 0.417 e. The van der Waals surface area contributed by atoms with Gasteiger partial charge in [-0.05, 0) is 85.9 Å². The van der Waals surface area contributed by atoms with E-state index in [1.54, 1.807) is 0 Å². The molecule has 4 aliphatic rings. The number of hydrogen-bond donors (Lipinski definition) is 2. The van der Waals surface area contributed by atoms with E-state index in [-0.39, 0.29) is 16.7 Å². The lowest BCUT2D eigenvalue weighted by Crippen LogP contribution is -2.51. The van der Waals surface area contributed by atoms with Gasteiger partial charge >= 0.3 is 6.18 Å². The maximum absolute atomic E-state index is 12.7. The predicted molar refractivity (Wildman–Crippen MR) is 121 cm³/mol. The van der Waals surface area contributed by atoms with Gasteiger partial charge in [-0.2, -0.15) is 13.2 Å². The van der Waals surface area contributed by atoms with Crippen LogP contribution in [0.1, 0.15) is 79.1 Å². The summed E-state index contributed by atoms with van der Waals surface area (Å²) in [4.78, 5) is 0. The highest BCUT2D eigenvalue weighted by atomic mass is 19.4. The molecule has 8 atom stereocenters. The first-order valence-electron chi connectivity index (χ1n) is 12.4. The van der Waals surface area contributed by atoms with Gasteiger partial charge in [0.05, 0.1) is 5.60 Å². The van der Waals surface area contributed by atoms with E-state index in [0.717, 1.165) is 57.4 Å². The Bertz CT molecular complexity index is 827. The second-order valence-corrected chi connectivity index (χ2v) is 11.5. The number of rotatable bonds is 4. The van der Waals surface area contributed by atoms with E-state index in [9.17, 15) is 23.4 Å². The molecule has 4 aliphatic carbocycles. The number of aliphatic hydroxyl groups excluding tert-OH is 1. The molecule has 0 heterocycles. The molecule has 0 aromatic carbocycles. The van der Waals surface area contributed by atoms with Gasteiger partial charge in [0, 0.05) is 0 Å². The zero-order chi connectivity index (χ0) is 23.5. The minimum Gasteiger partial charge on any atom is -0.390 e. The van der Waals surface area contributed by atoms with Gasteiger partial charge in [-0.25, -0.2) is 0 Å². The fourth-order valence-electron chi connectivity index (χ4n) is 7.81. The van der Waals surface area contributed by atoms with Gasteiger partial charge in [-0.15, -0.1) is 0 Å². The van der Waals surface area contributed by atoms with Crippen LogP contribution in [0.5, 0.6) is 0 Å². The van der Waals surface area contributed by atoms with Gasteiger partial charge < -0.3 is 10.2 Å². The van der Waals surface area contributed by atoms with Crippen LogP contribution in [0.2, 0.25) is 0 Å². The number of halogens is 3. The molecule has 0 radical (unpaired) electrons. The maximum atomic E-state index is 12.7. The standard InChI is InChI=1S/C27H39F3O2/c1-5-26(32)15-14-24(3)18(16-26)7-8-19-21-10-9-20(25(21,4)13-12-22(19)24)17(2)6-11-23(31)27(28,29)30/h6-7,9,11,17,19,21-23,31-32H,5,8,10,12-16H2,1-4H3. The lowest BCUT2D eigenvalue weighted by molar-refractivity contribution is -0.187. The van der Waals surface area contributed by atoms with E-state index in [1.165, 1.54) is 17.2 Å². The number of aliphatic hydroxyl groups is 2. The Morgan fingerprint density at radius 2 is 1.78 bits per heavy atom. The predicted octanol–water partition coefficient (Wildman–Crippen LogP) is 6.74. The highest BCUT2D eigenvalue weighted by Gasteiger charge is 2.57. The van der Waals surface area contributed by atoms with Crippen molar-refractivity contribution in [2.45, 2.75) is 96.9 Å². The van der Waals surface area contributed by atoms with Crippen molar-refractivity contribution in [2.75, 3.05) is 0 Å². The average molecular weight is 453 g/mol. The summed E-state index contributed by atoms with van der Waals surface area (Å²) < 4.78 is 38.1. The van der Waals surface area contributed by atoms with Crippen molar-refractivity contribution in [3.8, 4) is 0 Å². The Balaban J connectivity index is 1.53. The smallest absolute Gasteiger partial charge is 0.390 e. The molecule has 0 spiro atoms. The van der Waals surface area contributed by atoms with Crippen LogP contribution in [0.25, 0.3) is 0 Å². The Hall–Kier alpha value is -1.07. The highest BCUT2D eigenvalue weighted by molar-refractivity contribution is 5.33. The van der Waals surface area contributed by atoms with E-state index in [2.05, 4.69) is 32.9 Å². The summed E-state index contributed by atoms with van der Waals surface area (Å²) in [6.45, 7) is 8.77. The third-order valence-corrected chi connectivity index (χ3v) is 9.96. The van der Waals surface area contributed by atoms with E-state index in [0.29, 0.717) is 17.8 Å². The summed E-state index contributed by atoms with van der Waals surface area (Å²) in [6.07, 6.45) is 7.88. The van der Waals surface area contributed by atoms with Gasteiger partial charge in [0.15, 0.2) is 6.10 Å². The summed E-state index contributed by atoms with van der Waals surface area (Å²) in [7, 11) is 0. The number of allylic oxidation sites excluding steroid dienone is 4. The van der Waals surface area contributed by atoms with Crippen LogP contribution in [0.3, 0.4) is 0 Å². The number of alkyl halides is 3. The van der Waals surface area contributed by atoms with E-state index in [1.807, 2.05) is 6.92 Å². The Morgan fingerprint density at radius 3 is 2.44 bits per heavy atom. The molecule has 0 amide bonds. The minimum atomic E-state index is -4.61. The Morgan fingerprint density at radius 1 is 1.06 bits per heavy atom. The van der Waals surface area contributed by atoms with E-state index >= 15 is 0 Å². The minimum absolute atomic E-state index is 0.00857. The molecule has 0 aromatic rings. The first-order valence-corrected chi connectivity index (χ1v) is 12.4. The molecule has 2 saturated carbocycles. The Kier molecular flexibility index (Phi) is 6.02. The molecule has 0 aliphatic heterocycles. The van der Waals surface area contributed by atoms with Crippen molar-refractivity contribution in [2.24, 2.45) is 34.5 Å². The van der Waals surface area contributed by atoms with Gasteiger partial charge in [-0.1, -0.05) is 63.1 Å². The second-order valence-electron chi connectivity index (χ2n) is 11.5. The normalized spacial score (nSPS) is 43.7. The molecule has 2 fully saturated rings. The van der Waals surface area contributed by atoms with Gasteiger partial charge in [0.1, 0.15) is 0 Å². The van der Waals surface area contributed by atoms with E-state index in [4.69, 9.17) is 0 Å². The molecule has 2 nitrogen and oxygen atoms in total. The SMILES string of the molecule is CCC1(O)CCC2(C)C(=CCC3C2CCC2(C)C(C(C)C=CC(O)C(F)(F)F)=CCC32)C1. The van der Waals surface area contributed by atoms with Crippen LogP contribution in [0, 0.1) is 34.5 Å². The molecule has 0 aromatic heterocycles. The Labute approximate surface area is 190 Å². The average Bonchev–Trinajstić information content (AvgIpc) is 3.09. The molecule has 180 valence electrons. The summed E-state index contributed by atoms with van der Waals surface area (Å²) >= 11 is 0. The maximum Gasteiger partial charge on any atom is 0.417 e. The molecule has 0 saturated heterocycles. The third-order valence-electron chi connectivity index (χ3n) is 9.96. The molecular formula is C27H39F3O2. The van der Waals surface area contributed by atoms with Crippen molar-refractivity contribution in [3.63, 3.8) is 0 Å². The molecule has 32 heavy (non-hydrogen) atoms. The van der Waals surface area contributed by atoms with Gasteiger partial charge in [0.2, 0.25) is 0 Å². The van der Waals surface area contributed by atoms with Crippen LogP contribution in [-0.2, 0) is 0 Å². The van der Waals surface area contributed by atoms with Crippen LogP contribution >= 0.6 is 0 Å². The summed E-state index contributed by atoms with van der Waals surface area (Å²) in [5.41, 5.74) is 2.33. The summed E-state index contributed by atoms with van der Waals surface area (Å²) in [5.74, 6) is 1.60. The van der Waals surface area contributed by atoms with Gasteiger partial charge in [0.25, 0.3) is 0 Å². The zero-order valence-electron chi connectivity index (χ0n) is 19.9. The number of hydrogen-bond acceptors (Lipinski definition) is 2. The van der Waals surface area contributed by atoms with Gasteiger partial charge in [-0.3, -0.25) is 0 Å². The summed E-state index contributed by atoms with van der Waals surface area (Å²) in [6, 6.07) is 0. The molecule has 5 heteroatoms. The zero-order valence-corrected chi connectivity index (χ0v) is 19.9. The highest BCUT2D eigenvalue weighted by Crippen LogP contribution is 2.66.